The van der Waals surface area contributed by atoms with E-state index in [1.54, 1.807) is 30.3 Å². The van der Waals surface area contributed by atoms with Crippen LogP contribution in [0.25, 0.3) is 10.2 Å². The Hall–Kier alpha value is -2.78. The van der Waals surface area contributed by atoms with Crippen LogP contribution in [0.4, 0.5) is 21.3 Å². The van der Waals surface area contributed by atoms with Crippen molar-refractivity contribution in [1.82, 2.24) is 4.98 Å². The number of aromatic nitrogens is 1. The maximum absolute atomic E-state index is 12.2. The normalized spacial score (nSPS) is 14.0. The van der Waals surface area contributed by atoms with Crippen molar-refractivity contribution in [2.45, 2.75) is 12.8 Å². The fourth-order valence-corrected chi connectivity index (χ4v) is 4.17. The number of halogens is 1. The first kappa shape index (κ1) is 17.6. The number of urea groups is 1. The molecule has 1 aliphatic rings. The first-order valence-corrected chi connectivity index (χ1v) is 9.70. The molecule has 0 unspecified atom stereocenters. The van der Waals surface area contributed by atoms with Crippen LogP contribution >= 0.6 is 27.3 Å². The van der Waals surface area contributed by atoms with Crippen LogP contribution in [0.5, 0.6) is 0 Å². The molecule has 0 saturated carbocycles. The lowest BCUT2D eigenvalue weighted by Gasteiger charge is -2.08. The molecule has 1 aromatic heterocycles. The Morgan fingerprint density at radius 2 is 1.74 bits per heavy atom. The Morgan fingerprint density at radius 3 is 2.44 bits per heavy atom. The number of thiazole rings is 1. The second kappa shape index (κ2) is 7.09. The van der Waals surface area contributed by atoms with Crippen LogP contribution in [0.1, 0.15) is 12.8 Å². The molecule has 136 valence electrons. The van der Waals surface area contributed by atoms with E-state index in [0.29, 0.717) is 22.0 Å². The molecular formula is C18H13BrN4O3S. The highest BCUT2D eigenvalue weighted by molar-refractivity contribution is 9.10. The lowest BCUT2D eigenvalue weighted by atomic mass is 10.3. The number of nitrogens with one attached hydrogen (secondary N) is 2. The van der Waals surface area contributed by atoms with Gasteiger partial charge in [-0.05, 0) is 36.4 Å². The molecule has 2 aromatic carbocycles. The minimum Gasteiger partial charge on any atom is -0.308 e. The smallest absolute Gasteiger partial charge is 0.308 e. The topological polar surface area (TPSA) is 91.4 Å². The van der Waals surface area contributed by atoms with Gasteiger partial charge in [-0.1, -0.05) is 33.3 Å². The zero-order valence-electron chi connectivity index (χ0n) is 13.9. The Balaban J connectivity index is 1.52. The van der Waals surface area contributed by atoms with E-state index in [1.807, 2.05) is 12.1 Å². The standard InChI is InChI=1S/C18H13BrN4O3S/c19-10-2-1-3-11(8-10)20-17(26)21-12-4-5-13-14(9-12)27-18(22-13)23-15(24)6-7-16(23)25/h1-5,8-9H,6-7H2,(H2,20,21,26). The van der Waals surface area contributed by atoms with E-state index in [1.165, 1.54) is 11.3 Å². The van der Waals surface area contributed by atoms with Gasteiger partial charge in [-0.25, -0.2) is 14.7 Å². The molecule has 27 heavy (non-hydrogen) atoms. The number of hydrogen-bond donors (Lipinski definition) is 2. The van der Waals surface area contributed by atoms with Crippen LogP contribution in [-0.4, -0.2) is 22.8 Å². The number of benzene rings is 2. The van der Waals surface area contributed by atoms with E-state index in [9.17, 15) is 14.4 Å². The molecule has 0 aliphatic carbocycles. The third-order valence-electron chi connectivity index (χ3n) is 3.96. The SMILES string of the molecule is O=C(Nc1cccc(Br)c1)Nc1ccc2nc(N3C(=O)CCC3=O)sc2c1. The first-order chi connectivity index (χ1) is 13.0. The van der Waals surface area contributed by atoms with Crippen LogP contribution < -0.4 is 15.5 Å². The second-order valence-electron chi connectivity index (χ2n) is 5.89. The van der Waals surface area contributed by atoms with Gasteiger partial charge < -0.3 is 10.6 Å². The van der Waals surface area contributed by atoms with Crippen molar-refractivity contribution < 1.29 is 14.4 Å². The number of rotatable bonds is 3. The van der Waals surface area contributed by atoms with Gasteiger partial charge >= 0.3 is 6.03 Å². The summed E-state index contributed by atoms with van der Waals surface area (Å²) in [6, 6.07) is 12.1. The van der Waals surface area contributed by atoms with Crippen LogP contribution in [0.15, 0.2) is 46.9 Å². The minimum absolute atomic E-state index is 0.220. The largest absolute Gasteiger partial charge is 0.323 e. The summed E-state index contributed by atoms with van der Waals surface area (Å²) in [7, 11) is 0. The molecule has 1 saturated heterocycles. The zero-order chi connectivity index (χ0) is 19.0. The van der Waals surface area contributed by atoms with Crippen molar-refractivity contribution in [3.05, 3.63) is 46.9 Å². The molecule has 3 aromatic rings. The molecule has 1 fully saturated rings. The van der Waals surface area contributed by atoms with Gasteiger partial charge in [0.25, 0.3) is 0 Å². The zero-order valence-corrected chi connectivity index (χ0v) is 16.3. The summed E-state index contributed by atoms with van der Waals surface area (Å²) in [5, 5.41) is 5.88. The van der Waals surface area contributed by atoms with Gasteiger partial charge in [-0.15, -0.1) is 0 Å². The van der Waals surface area contributed by atoms with Crippen LogP contribution in [-0.2, 0) is 9.59 Å². The third-order valence-corrected chi connectivity index (χ3v) is 5.46. The van der Waals surface area contributed by atoms with E-state index >= 15 is 0 Å². The molecule has 4 rings (SSSR count). The van der Waals surface area contributed by atoms with Crippen molar-refractivity contribution in [3.63, 3.8) is 0 Å². The fraction of sp³-hybridized carbons (Fsp3) is 0.111. The molecule has 0 spiro atoms. The van der Waals surface area contributed by atoms with Crippen molar-refractivity contribution in [2.75, 3.05) is 15.5 Å². The second-order valence-corrected chi connectivity index (χ2v) is 7.82. The Bertz CT molecular complexity index is 1070. The van der Waals surface area contributed by atoms with Crippen LogP contribution in [0, 0.1) is 0 Å². The van der Waals surface area contributed by atoms with Gasteiger partial charge in [-0.2, -0.15) is 0 Å². The molecule has 0 atom stereocenters. The maximum Gasteiger partial charge on any atom is 0.323 e. The van der Waals surface area contributed by atoms with Gasteiger partial charge in [0.15, 0.2) is 5.13 Å². The molecule has 2 N–H and O–H groups in total. The molecule has 4 amide bonds. The van der Waals surface area contributed by atoms with Crippen molar-refractivity contribution in [3.8, 4) is 0 Å². The minimum atomic E-state index is -0.373. The predicted molar refractivity (Wildman–Crippen MR) is 108 cm³/mol. The van der Waals surface area contributed by atoms with Crippen molar-refractivity contribution in [1.29, 1.82) is 0 Å². The summed E-state index contributed by atoms with van der Waals surface area (Å²) in [5.74, 6) is -0.461. The van der Waals surface area contributed by atoms with E-state index < -0.39 is 0 Å². The quantitative estimate of drug-likeness (QED) is 0.587. The van der Waals surface area contributed by atoms with E-state index in [2.05, 4.69) is 31.5 Å². The van der Waals surface area contributed by atoms with E-state index in [0.717, 1.165) is 14.1 Å². The summed E-state index contributed by atoms with van der Waals surface area (Å²) in [5.41, 5.74) is 1.92. The van der Waals surface area contributed by atoms with E-state index in [-0.39, 0.29) is 30.7 Å². The van der Waals surface area contributed by atoms with Crippen LogP contribution in [0.3, 0.4) is 0 Å². The number of amides is 4. The molecule has 1 aliphatic heterocycles. The molecular weight excluding hydrogens is 432 g/mol. The highest BCUT2D eigenvalue weighted by atomic mass is 79.9. The van der Waals surface area contributed by atoms with Gasteiger partial charge in [0.05, 0.1) is 10.2 Å². The molecule has 7 nitrogen and oxygen atoms in total. The highest BCUT2D eigenvalue weighted by Gasteiger charge is 2.32. The lowest BCUT2D eigenvalue weighted by molar-refractivity contribution is -0.121. The number of nitrogens with zero attached hydrogens (tertiary/aromatic N) is 2. The monoisotopic (exact) mass is 444 g/mol. The highest BCUT2D eigenvalue weighted by Crippen LogP contribution is 2.33. The molecule has 0 bridgehead atoms. The first-order valence-electron chi connectivity index (χ1n) is 8.09. The number of carbonyl (C=O) groups excluding carboxylic acids is 3. The summed E-state index contributed by atoms with van der Waals surface area (Å²) in [6.07, 6.45) is 0.439. The summed E-state index contributed by atoms with van der Waals surface area (Å²) >= 11 is 4.60. The average molecular weight is 445 g/mol. The van der Waals surface area contributed by atoms with Gasteiger partial charge in [-0.3, -0.25) is 9.59 Å². The fourth-order valence-electron chi connectivity index (χ4n) is 2.74. The Kier molecular flexibility index (Phi) is 4.63. The van der Waals surface area contributed by atoms with Gasteiger partial charge in [0, 0.05) is 28.7 Å². The van der Waals surface area contributed by atoms with E-state index in [4.69, 9.17) is 0 Å². The predicted octanol–water partition coefficient (Wildman–Crippen LogP) is 4.36. The lowest BCUT2D eigenvalue weighted by Crippen LogP contribution is -2.28. The Labute approximate surface area is 166 Å². The number of hydrogen-bond acceptors (Lipinski definition) is 5. The average Bonchev–Trinajstić information content (AvgIpc) is 3.16. The summed E-state index contributed by atoms with van der Waals surface area (Å²) < 4.78 is 1.64. The van der Waals surface area contributed by atoms with Crippen LogP contribution in [0.2, 0.25) is 0 Å². The number of fused-ring (bicyclic) bond motifs is 1. The van der Waals surface area contributed by atoms with Crippen molar-refractivity contribution >= 4 is 71.8 Å². The molecule has 9 heteroatoms. The number of carbonyl (C=O) groups is 3. The number of imide groups is 1. The van der Waals surface area contributed by atoms with Gasteiger partial charge in [0.1, 0.15) is 0 Å². The number of anilines is 3. The molecule has 0 radical (unpaired) electrons. The van der Waals surface area contributed by atoms with Gasteiger partial charge in [0.2, 0.25) is 11.8 Å². The molecule has 2 heterocycles. The summed E-state index contributed by atoms with van der Waals surface area (Å²) in [6.45, 7) is 0. The van der Waals surface area contributed by atoms with Crippen molar-refractivity contribution in [2.24, 2.45) is 0 Å². The summed E-state index contributed by atoms with van der Waals surface area (Å²) in [4.78, 5) is 41.4. The third kappa shape index (κ3) is 3.69. The maximum atomic E-state index is 12.2. The Morgan fingerprint density at radius 1 is 1.04 bits per heavy atom.